The number of hydrogen-bond acceptors (Lipinski definition) is 4. The Kier molecular flexibility index (Phi) is 5.48. The van der Waals surface area contributed by atoms with Gasteiger partial charge in [0.05, 0.1) is 24.3 Å². The highest BCUT2D eigenvalue weighted by Crippen LogP contribution is 2.39. The summed E-state index contributed by atoms with van der Waals surface area (Å²) in [4.78, 5) is 15.0. The zero-order valence-corrected chi connectivity index (χ0v) is 14.6. The lowest BCUT2D eigenvalue weighted by atomic mass is 10.2. The standard InChI is InChI=1S/C18H18BrNO4/c19-15-6-7-16(18(21)22)20-17(15)24-11-14-8-13(14)10-23-9-12-4-2-1-3-5-12/h1-7,13-14H,8-11H2,(H,21,22). The third-order valence-corrected chi connectivity index (χ3v) is 4.58. The van der Waals surface area contributed by atoms with E-state index in [-0.39, 0.29) is 5.69 Å². The molecule has 5 nitrogen and oxygen atoms in total. The van der Waals surface area contributed by atoms with Crippen LogP contribution in [0.5, 0.6) is 5.88 Å². The quantitative estimate of drug-likeness (QED) is 0.741. The zero-order chi connectivity index (χ0) is 16.9. The topological polar surface area (TPSA) is 68.7 Å². The Labute approximate surface area is 148 Å². The number of rotatable bonds is 8. The zero-order valence-electron chi connectivity index (χ0n) is 13.0. The van der Waals surface area contributed by atoms with Gasteiger partial charge in [-0.25, -0.2) is 9.78 Å². The van der Waals surface area contributed by atoms with Crippen molar-refractivity contribution in [2.75, 3.05) is 13.2 Å². The van der Waals surface area contributed by atoms with E-state index in [1.165, 1.54) is 11.6 Å². The number of hydrogen-bond donors (Lipinski definition) is 1. The molecule has 2 unspecified atom stereocenters. The fourth-order valence-corrected chi connectivity index (χ4v) is 2.79. The molecule has 1 saturated carbocycles. The van der Waals surface area contributed by atoms with Crippen molar-refractivity contribution < 1.29 is 19.4 Å². The number of aromatic nitrogens is 1. The molecule has 6 heteroatoms. The number of halogens is 1. The molecule has 1 aromatic heterocycles. The van der Waals surface area contributed by atoms with Crippen molar-refractivity contribution in [3.63, 3.8) is 0 Å². The second-order valence-corrected chi connectivity index (χ2v) is 6.71. The van der Waals surface area contributed by atoms with Crippen LogP contribution < -0.4 is 4.74 Å². The van der Waals surface area contributed by atoms with Crippen LogP contribution in [-0.4, -0.2) is 29.3 Å². The van der Waals surface area contributed by atoms with Crippen LogP contribution >= 0.6 is 15.9 Å². The van der Waals surface area contributed by atoms with Crippen molar-refractivity contribution in [2.45, 2.75) is 13.0 Å². The molecule has 126 valence electrons. The number of benzene rings is 1. The third-order valence-electron chi connectivity index (χ3n) is 3.98. The molecule has 1 aliphatic rings. The molecule has 1 fully saturated rings. The van der Waals surface area contributed by atoms with Crippen LogP contribution in [0.4, 0.5) is 0 Å². The molecule has 1 aliphatic carbocycles. The number of carboxylic acid groups (broad SMARTS) is 1. The molecule has 1 aromatic carbocycles. The van der Waals surface area contributed by atoms with Crippen molar-refractivity contribution in [3.8, 4) is 5.88 Å². The normalized spacial score (nSPS) is 19.0. The van der Waals surface area contributed by atoms with E-state index in [2.05, 4.69) is 20.9 Å². The number of ether oxygens (including phenoxy) is 2. The minimum Gasteiger partial charge on any atom is -0.477 e. The minimum atomic E-state index is -1.06. The highest BCUT2D eigenvalue weighted by atomic mass is 79.9. The summed E-state index contributed by atoms with van der Waals surface area (Å²) in [7, 11) is 0. The summed E-state index contributed by atoms with van der Waals surface area (Å²) in [6.07, 6.45) is 1.06. The predicted octanol–water partition coefficient (Wildman–Crippen LogP) is 3.77. The lowest BCUT2D eigenvalue weighted by molar-refractivity contribution is 0.0689. The van der Waals surface area contributed by atoms with E-state index in [4.69, 9.17) is 14.6 Å². The van der Waals surface area contributed by atoms with Crippen molar-refractivity contribution in [1.82, 2.24) is 4.98 Å². The molecule has 24 heavy (non-hydrogen) atoms. The predicted molar refractivity (Wildman–Crippen MR) is 92.1 cm³/mol. The molecule has 0 spiro atoms. The maximum atomic E-state index is 11.0. The van der Waals surface area contributed by atoms with E-state index < -0.39 is 5.97 Å². The Morgan fingerprint density at radius 2 is 1.92 bits per heavy atom. The van der Waals surface area contributed by atoms with E-state index in [9.17, 15) is 4.79 Å². The second kappa shape index (κ2) is 7.77. The molecule has 0 aliphatic heterocycles. The Hall–Kier alpha value is -1.92. The molecule has 0 bridgehead atoms. The lowest BCUT2D eigenvalue weighted by Gasteiger charge is -2.08. The van der Waals surface area contributed by atoms with Crippen molar-refractivity contribution >= 4 is 21.9 Å². The smallest absolute Gasteiger partial charge is 0.354 e. The van der Waals surface area contributed by atoms with Gasteiger partial charge >= 0.3 is 5.97 Å². The van der Waals surface area contributed by atoms with Gasteiger partial charge in [-0.05, 0) is 51.9 Å². The highest BCUT2D eigenvalue weighted by molar-refractivity contribution is 9.10. The van der Waals surface area contributed by atoms with Crippen LogP contribution in [0, 0.1) is 11.8 Å². The van der Waals surface area contributed by atoms with Crippen LogP contribution in [0.1, 0.15) is 22.5 Å². The average molecular weight is 392 g/mol. The molecular weight excluding hydrogens is 374 g/mol. The van der Waals surface area contributed by atoms with Crippen LogP contribution in [0.2, 0.25) is 0 Å². The molecular formula is C18H18BrNO4. The lowest BCUT2D eigenvalue weighted by Crippen LogP contribution is -2.08. The van der Waals surface area contributed by atoms with Crippen molar-refractivity contribution in [3.05, 3.63) is 58.2 Å². The Morgan fingerprint density at radius 3 is 2.67 bits per heavy atom. The van der Waals surface area contributed by atoms with Gasteiger partial charge in [0.25, 0.3) is 0 Å². The van der Waals surface area contributed by atoms with Gasteiger partial charge in [0.15, 0.2) is 5.69 Å². The van der Waals surface area contributed by atoms with Crippen LogP contribution in [-0.2, 0) is 11.3 Å². The van der Waals surface area contributed by atoms with Gasteiger partial charge in [-0.3, -0.25) is 0 Å². The maximum Gasteiger partial charge on any atom is 0.354 e. The molecule has 0 amide bonds. The summed E-state index contributed by atoms with van der Waals surface area (Å²) in [5.74, 6) is 0.190. The van der Waals surface area contributed by atoms with Gasteiger partial charge in [0.2, 0.25) is 5.88 Å². The Morgan fingerprint density at radius 1 is 1.17 bits per heavy atom. The van der Waals surface area contributed by atoms with E-state index in [0.717, 1.165) is 6.42 Å². The summed E-state index contributed by atoms with van der Waals surface area (Å²) in [6, 6.07) is 13.2. The van der Waals surface area contributed by atoms with Crippen LogP contribution in [0.3, 0.4) is 0 Å². The van der Waals surface area contributed by atoms with Gasteiger partial charge < -0.3 is 14.6 Å². The van der Waals surface area contributed by atoms with Crippen LogP contribution in [0.15, 0.2) is 46.9 Å². The summed E-state index contributed by atoms with van der Waals surface area (Å²) in [5, 5.41) is 8.97. The van der Waals surface area contributed by atoms with E-state index in [1.54, 1.807) is 6.07 Å². The van der Waals surface area contributed by atoms with Gasteiger partial charge in [-0.2, -0.15) is 0 Å². The molecule has 2 aromatic rings. The van der Waals surface area contributed by atoms with Gasteiger partial charge in [0, 0.05) is 0 Å². The number of nitrogens with zero attached hydrogens (tertiary/aromatic N) is 1. The monoisotopic (exact) mass is 391 g/mol. The first kappa shape index (κ1) is 16.9. The summed E-state index contributed by atoms with van der Waals surface area (Å²) >= 11 is 3.33. The fourth-order valence-electron chi connectivity index (χ4n) is 2.45. The molecule has 0 radical (unpaired) electrons. The van der Waals surface area contributed by atoms with E-state index in [1.807, 2.05) is 30.3 Å². The molecule has 3 rings (SSSR count). The fraction of sp³-hybridized carbons (Fsp3) is 0.333. The summed E-state index contributed by atoms with van der Waals surface area (Å²) in [6.45, 7) is 1.86. The first-order valence-corrected chi connectivity index (χ1v) is 8.57. The SMILES string of the molecule is O=C(O)c1ccc(Br)c(OCC2CC2COCc2ccccc2)n1. The number of aromatic carboxylic acids is 1. The van der Waals surface area contributed by atoms with Crippen LogP contribution in [0.25, 0.3) is 0 Å². The number of pyridine rings is 1. The van der Waals surface area contributed by atoms with E-state index in [0.29, 0.717) is 42.0 Å². The summed E-state index contributed by atoms with van der Waals surface area (Å²) < 4.78 is 12.1. The molecule has 1 N–H and O–H groups in total. The first-order chi connectivity index (χ1) is 11.6. The molecule has 1 heterocycles. The van der Waals surface area contributed by atoms with Crippen molar-refractivity contribution in [2.24, 2.45) is 11.8 Å². The Balaban J connectivity index is 1.41. The molecule has 2 atom stereocenters. The molecule has 0 saturated heterocycles. The van der Waals surface area contributed by atoms with Gasteiger partial charge in [0.1, 0.15) is 0 Å². The van der Waals surface area contributed by atoms with Gasteiger partial charge in [-0.15, -0.1) is 0 Å². The average Bonchev–Trinajstić information content (AvgIpc) is 3.33. The van der Waals surface area contributed by atoms with Gasteiger partial charge in [-0.1, -0.05) is 30.3 Å². The Bertz CT molecular complexity index is 707. The number of carboxylic acids is 1. The third kappa shape index (κ3) is 4.55. The van der Waals surface area contributed by atoms with Crippen molar-refractivity contribution in [1.29, 1.82) is 0 Å². The summed E-state index contributed by atoms with van der Waals surface area (Å²) in [5.41, 5.74) is 1.15. The highest BCUT2D eigenvalue weighted by Gasteiger charge is 2.37. The number of carbonyl (C=O) groups is 1. The largest absolute Gasteiger partial charge is 0.477 e. The first-order valence-electron chi connectivity index (χ1n) is 7.78. The second-order valence-electron chi connectivity index (χ2n) is 5.86. The minimum absolute atomic E-state index is 0.0215. The van der Waals surface area contributed by atoms with E-state index >= 15 is 0 Å². The maximum absolute atomic E-state index is 11.0.